The lowest BCUT2D eigenvalue weighted by atomic mass is 10.0. The summed E-state index contributed by atoms with van der Waals surface area (Å²) >= 11 is 1.86. The van der Waals surface area contributed by atoms with E-state index in [1.807, 2.05) is 11.3 Å². The Kier molecular flexibility index (Phi) is 3.86. The van der Waals surface area contributed by atoms with Gasteiger partial charge in [-0.2, -0.15) is 5.26 Å². The van der Waals surface area contributed by atoms with E-state index in [4.69, 9.17) is 5.26 Å². The molecule has 92 valence electrons. The second kappa shape index (κ2) is 5.20. The first-order valence-corrected chi connectivity index (χ1v) is 7.16. The Morgan fingerprint density at radius 3 is 2.82 bits per heavy atom. The molecule has 1 saturated carbocycles. The molecule has 0 radical (unpaired) electrons. The molecule has 3 unspecified atom stereocenters. The van der Waals surface area contributed by atoms with Crippen LogP contribution in [0.2, 0.25) is 0 Å². The Hall–Kier alpha value is -0.850. The lowest BCUT2D eigenvalue weighted by Crippen LogP contribution is -2.33. The minimum Gasteiger partial charge on any atom is -0.306 e. The van der Waals surface area contributed by atoms with Gasteiger partial charge >= 0.3 is 0 Å². The molecule has 0 aromatic carbocycles. The molecule has 0 spiro atoms. The van der Waals surface area contributed by atoms with Crippen LogP contribution in [0, 0.1) is 31.1 Å². The van der Waals surface area contributed by atoms with Crippen molar-refractivity contribution in [2.45, 2.75) is 52.1 Å². The number of hydrogen-bond acceptors (Lipinski definition) is 3. The van der Waals surface area contributed by atoms with E-state index in [1.54, 1.807) is 0 Å². The minimum absolute atomic E-state index is 0.206. The first-order chi connectivity index (χ1) is 8.11. The predicted octanol–water partition coefficient (Wildman–Crippen LogP) is 3.71. The molecule has 17 heavy (non-hydrogen) atoms. The summed E-state index contributed by atoms with van der Waals surface area (Å²) in [4.78, 5) is 2.77. The summed E-state index contributed by atoms with van der Waals surface area (Å²) in [5, 5.41) is 12.7. The molecule has 2 rings (SSSR count). The Morgan fingerprint density at radius 1 is 1.47 bits per heavy atom. The lowest BCUT2D eigenvalue weighted by molar-refractivity contribution is 0.417. The van der Waals surface area contributed by atoms with E-state index in [0.717, 1.165) is 12.8 Å². The smallest absolute Gasteiger partial charge is 0.0672 e. The molecular weight excluding hydrogens is 228 g/mol. The van der Waals surface area contributed by atoms with Crippen LogP contribution in [0.25, 0.3) is 0 Å². The fraction of sp³-hybridized carbons (Fsp3) is 0.643. The third-order valence-electron chi connectivity index (χ3n) is 3.69. The van der Waals surface area contributed by atoms with E-state index in [-0.39, 0.29) is 5.92 Å². The van der Waals surface area contributed by atoms with Crippen LogP contribution in [0.1, 0.15) is 47.5 Å². The van der Waals surface area contributed by atoms with Gasteiger partial charge in [-0.05, 0) is 45.2 Å². The zero-order valence-corrected chi connectivity index (χ0v) is 11.6. The number of rotatable bonds is 3. The highest BCUT2D eigenvalue weighted by Crippen LogP contribution is 2.30. The molecule has 1 heterocycles. The van der Waals surface area contributed by atoms with Crippen molar-refractivity contribution in [3.63, 3.8) is 0 Å². The Labute approximate surface area is 108 Å². The van der Waals surface area contributed by atoms with Gasteiger partial charge in [0.15, 0.2) is 0 Å². The van der Waals surface area contributed by atoms with E-state index in [1.165, 1.54) is 21.7 Å². The Morgan fingerprint density at radius 2 is 2.24 bits per heavy atom. The number of nitrogens with one attached hydrogen (secondary N) is 1. The summed E-state index contributed by atoms with van der Waals surface area (Å²) in [6.45, 7) is 6.55. The number of nitrogens with zero attached hydrogens (tertiary/aromatic N) is 1. The van der Waals surface area contributed by atoms with Gasteiger partial charge in [-0.15, -0.1) is 11.3 Å². The van der Waals surface area contributed by atoms with E-state index in [0.29, 0.717) is 12.1 Å². The molecule has 0 aliphatic heterocycles. The SMILES string of the molecule is Cc1cc(C(C)NC2CCCC2C#N)c(C)s1. The number of nitriles is 1. The fourth-order valence-corrected chi connectivity index (χ4v) is 3.83. The van der Waals surface area contributed by atoms with Crippen molar-refractivity contribution in [3.8, 4) is 6.07 Å². The van der Waals surface area contributed by atoms with Crippen LogP contribution in [-0.4, -0.2) is 6.04 Å². The Balaban J connectivity index is 2.04. The maximum atomic E-state index is 9.09. The van der Waals surface area contributed by atoms with Gasteiger partial charge in [0.25, 0.3) is 0 Å². The average molecular weight is 248 g/mol. The third-order valence-corrected chi connectivity index (χ3v) is 4.67. The molecule has 1 fully saturated rings. The highest BCUT2D eigenvalue weighted by Gasteiger charge is 2.28. The van der Waals surface area contributed by atoms with Crippen molar-refractivity contribution in [3.05, 3.63) is 21.4 Å². The van der Waals surface area contributed by atoms with Gasteiger partial charge in [0.2, 0.25) is 0 Å². The van der Waals surface area contributed by atoms with Crippen molar-refractivity contribution in [1.29, 1.82) is 5.26 Å². The summed E-state index contributed by atoms with van der Waals surface area (Å²) in [6, 6.07) is 5.45. The number of hydrogen-bond donors (Lipinski definition) is 1. The lowest BCUT2D eigenvalue weighted by Gasteiger charge is -2.21. The van der Waals surface area contributed by atoms with E-state index in [9.17, 15) is 0 Å². The van der Waals surface area contributed by atoms with Gasteiger partial charge in [-0.1, -0.05) is 6.42 Å². The molecule has 1 aliphatic rings. The molecule has 1 aromatic heterocycles. The normalized spacial score (nSPS) is 25.8. The number of thiophene rings is 1. The fourth-order valence-electron chi connectivity index (χ4n) is 2.81. The van der Waals surface area contributed by atoms with Crippen LogP contribution in [0.3, 0.4) is 0 Å². The van der Waals surface area contributed by atoms with Gasteiger partial charge in [-0.3, -0.25) is 0 Å². The second-order valence-corrected chi connectivity index (χ2v) is 6.49. The molecule has 0 saturated heterocycles. The molecule has 0 bridgehead atoms. The summed E-state index contributed by atoms with van der Waals surface area (Å²) in [5.74, 6) is 0.206. The van der Waals surface area contributed by atoms with Crippen molar-refractivity contribution >= 4 is 11.3 Å². The van der Waals surface area contributed by atoms with Crippen molar-refractivity contribution in [2.24, 2.45) is 5.92 Å². The third kappa shape index (κ3) is 2.70. The maximum Gasteiger partial charge on any atom is 0.0672 e. The molecule has 0 amide bonds. The first-order valence-electron chi connectivity index (χ1n) is 6.34. The van der Waals surface area contributed by atoms with Crippen molar-refractivity contribution < 1.29 is 0 Å². The highest BCUT2D eigenvalue weighted by molar-refractivity contribution is 7.12. The number of aryl methyl sites for hydroxylation is 2. The summed E-state index contributed by atoms with van der Waals surface area (Å²) < 4.78 is 0. The molecule has 1 aromatic rings. The molecule has 3 atom stereocenters. The molecular formula is C14H20N2S. The monoisotopic (exact) mass is 248 g/mol. The predicted molar refractivity (Wildman–Crippen MR) is 72.1 cm³/mol. The topological polar surface area (TPSA) is 35.8 Å². The average Bonchev–Trinajstić information content (AvgIpc) is 2.84. The van der Waals surface area contributed by atoms with Crippen LogP contribution in [0.15, 0.2) is 6.07 Å². The van der Waals surface area contributed by atoms with E-state index < -0.39 is 0 Å². The van der Waals surface area contributed by atoms with Gasteiger partial charge in [-0.25, -0.2) is 0 Å². The maximum absolute atomic E-state index is 9.09. The first kappa shape index (κ1) is 12.6. The van der Waals surface area contributed by atoms with Crippen LogP contribution in [0.4, 0.5) is 0 Å². The highest BCUT2D eigenvalue weighted by atomic mass is 32.1. The quantitative estimate of drug-likeness (QED) is 0.885. The van der Waals surface area contributed by atoms with Gasteiger partial charge in [0, 0.05) is 21.8 Å². The molecule has 1 N–H and O–H groups in total. The molecule has 2 nitrogen and oxygen atoms in total. The summed E-state index contributed by atoms with van der Waals surface area (Å²) in [5.41, 5.74) is 1.40. The van der Waals surface area contributed by atoms with Gasteiger partial charge in [0.05, 0.1) is 12.0 Å². The molecule has 1 aliphatic carbocycles. The van der Waals surface area contributed by atoms with Crippen LogP contribution >= 0.6 is 11.3 Å². The van der Waals surface area contributed by atoms with E-state index >= 15 is 0 Å². The minimum atomic E-state index is 0.206. The largest absolute Gasteiger partial charge is 0.306 e. The zero-order valence-electron chi connectivity index (χ0n) is 10.8. The van der Waals surface area contributed by atoms with Crippen molar-refractivity contribution in [2.75, 3.05) is 0 Å². The zero-order chi connectivity index (χ0) is 12.4. The van der Waals surface area contributed by atoms with Gasteiger partial charge < -0.3 is 5.32 Å². The summed E-state index contributed by atoms with van der Waals surface area (Å²) in [6.07, 6.45) is 3.39. The van der Waals surface area contributed by atoms with Crippen LogP contribution in [0.5, 0.6) is 0 Å². The van der Waals surface area contributed by atoms with Crippen molar-refractivity contribution in [1.82, 2.24) is 5.32 Å². The standard InChI is InChI=1S/C14H20N2S/c1-9-7-13(11(3)17-9)10(2)16-14-6-4-5-12(14)8-15/h7,10,12,14,16H,4-6H2,1-3H3. The van der Waals surface area contributed by atoms with Crippen LogP contribution in [-0.2, 0) is 0 Å². The van der Waals surface area contributed by atoms with Gasteiger partial charge in [0.1, 0.15) is 0 Å². The summed E-state index contributed by atoms with van der Waals surface area (Å²) in [7, 11) is 0. The van der Waals surface area contributed by atoms with E-state index in [2.05, 4.69) is 38.2 Å². The Bertz CT molecular complexity index is 430. The molecule has 3 heteroatoms. The second-order valence-electron chi connectivity index (χ2n) is 5.03. The van der Waals surface area contributed by atoms with Crippen LogP contribution < -0.4 is 5.32 Å².